The fraction of sp³-hybridized carbons (Fsp3) is 0.505. The van der Waals surface area contributed by atoms with Crippen LogP contribution in [0.3, 0.4) is 0 Å². The van der Waals surface area contributed by atoms with E-state index >= 15 is 43.2 Å². The minimum Gasteiger partial charge on any atom is -0.508 e. The standard InChI is InChI=1S/C91H119N23O21S/c1-4-6-20-69-84(128)99-60(33-34-92)80(124)106-68(79(123)96-46-74(93)117)48-136-49-75(118)98-65(39-51-26-29-57(116)30-27-51)89(133)111-35-13-12-22-70(111)87(131)104-66(43-77(121)122)90(134)113-37-15-24-72(113)86(130)103-64(42-56-45-94-50-97-56)82(126)100-61(31-32-76(119)120)88(132)112-36-14-23-71(112)85(129)102-63(41-55-44-95-59-19-11-10-18-58(55)59)81(125)105-67(47-115)83(127)101-62(40-52-25-28-53-16-8-9-17-54(53)38-52)78-107-108-109-114(78)73(21-7-5-2)91(135)110(69)3/h8-11,16-19,25-30,38,44-45,50,60-73,95,115-116H,4-7,12-15,20-24,31-37,39-43,46-49,92H2,1-3H3,(H2,93,117)(H,94,97)(H,96,123)(H,98,118)(H,99,128)(H,100,126)(H,101,127)(H,102,129)(H,103,130)(H,104,131)(H,105,125)(H,106,124)(H,119,120)(H,121,122)/t60-,61-,62-,63-,64-,65-,66-,67-,68-,69-,70-,71-,72-,73-/m0/s1. The number of benzene rings is 4. The molecule has 14 atom stereocenters. The lowest BCUT2D eigenvalue weighted by atomic mass is 9.97. The van der Waals surface area contributed by atoms with Crippen LogP contribution in [0.1, 0.15) is 163 Å². The Morgan fingerprint density at radius 1 is 0.537 bits per heavy atom. The molecule has 0 radical (unpaired) electrons. The maximum absolute atomic E-state index is 15.7. The fourth-order valence-electron chi connectivity index (χ4n) is 17.5. The van der Waals surface area contributed by atoms with Gasteiger partial charge >= 0.3 is 11.9 Å². The third-order valence-electron chi connectivity index (χ3n) is 24.6. The molecule has 7 aromatic rings. The molecule has 15 amide bonds. The number of likely N-dealkylation sites (N-methyl/N-ethyl adjacent to an activating group) is 1. The number of carbonyl (C=O) groups is 17. The van der Waals surface area contributed by atoms with E-state index < -0.39 is 229 Å². The number of carbonyl (C=O) groups excluding carboxylic acids is 15. The molecule has 4 aliphatic heterocycles. The first-order chi connectivity index (χ1) is 65.3. The zero-order chi connectivity index (χ0) is 97.8. The predicted molar refractivity (Wildman–Crippen MR) is 491 cm³/mol. The van der Waals surface area contributed by atoms with Gasteiger partial charge < -0.3 is 115 Å². The number of thioether (sulfide) groups is 1. The van der Waals surface area contributed by atoms with Crippen molar-refractivity contribution in [2.75, 3.05) is 57.9 Å². The van der Waals surface area contributed by atoms with Crippen LogP contribution in [0, 0.1) is 0 Å². The number of imidazole rings is 1. The summed E-state index contributed by atoms with van der Waals surface area (Å²) in [5.74, 6) is -18.2. The molecule has 11 rings (SSSR count). The van der Waals surface area contributed by atoms with E-state index in [0.717, 1.165) is 32.3 Å². The lowest BCUT2D eigenvalue weighted by Gasteiger charge is -2.38. The summed E-state index contributed by atoms with van der Waals surface area (Å²) in [7, 11) is 1.38. The van der Waals surface area contributed by atoms with Crippen LogP contribution in [0.4, 0.5) is 0 Å². The van der Waals surface area contributed by atoms with Gasteiger partial charge in [-0.15, -0.1) is 16.9 Å². The van der Waals surface area contributed by atoms with Crippen molar-refractivity contribution in [3.8, 4) is 5.75 Å². The van der Waals surface area contributed by atoms with Crippen LogP contribution < -0.4 is 64.6 Å². The number of hydrogen-bond donors (Lipinski definition) is 18. The average molecular weight is 1900 g/mol. The number of fused-ring (bicyclic) bond motifs is 6. The van der Waals surface area contributed by atoms with Gasteiger partial charge in [-0.25, -0.2) is 9.67 Å². The van der Waals surface area contributed by atoms with Crippen LogP contribution >= 0.6 is 11.8 Å². The number of nitrogens with zero attached hydrogens (tertiary/aromatic N) is 9. The smallest absolute Gasteiger partial charge is 0.305 e. The largest absolute Gasteiger partial charge is 0.508 e. The number of amides is 15. The predicted octanol–water partition coefficient (Wildman–Crippen LogP) is -1.12. The summed E-state index contributed by atoms with van der Waals surface area (Å²) in [5, 5.41) is 83.8. The van der Waals surface area contributed by atoms with Crippen molar-refractivity contribution >= 4 is 134 Å². The van der Waals surface area contributed by atoms with Gasteiger partial charge in [-0.3, -0.25) is 81.5 Å². The molecule has 136 heavy (non-hydrogen) atoms. The molecule has 0 unspecified atom stereocenters. The van der Waals surface area contributed by atoms with Gasteiger partial charge in [-0.05, 0) is 133 Å². The van der Waals surface area contributed by atoms with E-state index in [1.165, 1.54) is 58.3 Å². The van der Waals surface area contributed by atoms with Crippen molar-refractivity contribution in [3.63, 3.8) is 0 Å². The Bertz CT molecular complexity index is 5450. The van der Waals surface area contributed by atoms with Gasteiger partial charge in [0.2, 0.25) is 88.6 Å². The van der Waals surface area contributed by atoms with Gasteiger partial charge in [-0.1, -0.05) is 112 Å². The van der Waals surface area contributed by atoms with E-state index in [4.69, 9.17) is 11.5 Å². The third kappa shape index (κ3) is 27.4. The number of hydrogen-bond acceptors (Lipinski definition) is 25. The number of phenols is 1. The van der Waals surface area contributed by atoms with E-state index in [1.54, 1.807) is 36.5 Å². The topological polar surface area (TPSA) is 644 Å². The second-order valence-corrected chi connectivity index (χ2v) is 35.4. The summed E-state index contributed by atoms with van der Waals surface area (Å²) >= 11 is 0.782. The first kappa shape index (κ1) is 103. The van der Waals surface area contributed by atoms with Crippen molar-refractivity contribution in [1.29, 1.82) is 0 Å². The van der Waals surface area contributed by atoms with E-state index in [9.17, 15) is 58.8 Å². The number of primary amides is 1. The number of phenolic OH excluding ortho intramolecular Hbond substituents is 1. The van der Waals surface area contributed by atoms with Crippen molar-refractivity contribution in [2.45, 2.75) is 233 Å². The summed E-state index contributed by atoms with van der Waals surface area (Å²) in [5.41, 5.74) is 14.0. The number of tetrazole rings is 1. The van der Waals surface area contributed by atoms with Crippen LogP contribution in [0.25, 0.3) is 21.7 Å². The van der Waals surface area contributed by atoms with Gasteiger partial charge in [0.25, 0.3) is 0 Å². The van der Waals surface area contributed by atoms with Crippen LogP contribution in [-0.4, -0.2) is 306 Å². The van der Waals surface area contributed by atoms with Gasteiger partial charge in [-0.2, -0.15) is 0 Å². The number of carboxylic acid groups (broad SMARTS) is 2. The SMILES string of the molecule is CCCC[C@H]1C(=O)N[C@@H](CCN)C(=O)N[C@H](C(=O)NCC(N)=O)CSCC(=O)N[C@@H](Cc2ccc(O)cc2)C(=O)N2CCCC[C@H]2C(=O)N[C@@H](CC(=O)O)C(=O)N2CCC[C@H]2C(=O)N[C@@H](Cc2cnc[nH]2)C(=O)N[C@@H](CCC(=O)O)C(=O)N2CCC[C@H]2C(=O)N[C@@H](Cc2c[nH]c3ccccc23)C(=O)N[C@@H](CO)C(=O)N[C@@H](Cc2ccc3ccccc3c2)c2nnnn2[C@@H](CCCC)C(=O)N1C. The second-order valence-electron chi connectivity index (χ2n) is 34.4. The average Bonchev–Trinajstić information content (AvgIpc) is 1.65. The molecule has 3 fully saturated rings. The number of aliphatic hydroxyl groups is 1. The molecule has 20 N–H and O–H groups in total. The zero-order valence-corrected chi connectivity index (χ0v) is 76.6. The number of H-pyrrole nitrogens is 2. The van der Waals surface area contributed by atoms with Crippen molar-refractivity contribution in [1.82, 2.24) is 108 Å². The normalized spacial score (nSPS) is 24.3. The highest BCUT2D eigenvalue weighted by Gasteiger charge is 2.46. The third-order valence-corrected chi connectivity index (χ3v) is 25.7. The Kier molecular flexibility index (Phi) is 37.2. The molecule has 3 aromatic heterocycles. The number of aliphatic hydroxyl groups excluding tert-OH is 1. The summed E-state index contributed by atoms with van der Waals surface area (Å²) in [4.78, 5) is 262. The minimum atomic E-state index is -1.90. The Balaban J connectivity index is 0.956. The molecule has 45 heteroatoms. The van der Waals surface area contributed by atoms with Gasteiger partial charge in [0, 0.05) is 93.5 Å². The van der Waals surface area contributed by atoms with Crippen LogP contribution in [-0.2, 0) is 107 Å². The fourth-order valence-corrected chi connectivity index (χ4v) is 18.3. The number of carboxylic acids is 2. The number of aromatic amines is 2. The van der Waals surface area contributed by atoms with Gasteiger partial charge in [0.1, 0.15) is 84.3 Å². The number of nitrogens with one attached hydrogen (secondary N) is 12. The van der Waals surface area contributed by atoms with Crippen molar-refractivity contribution < 1.29 is 102 Å². The molecule has 0 bridgehead atoms. The minimum absolute atomic E-state index is 0.0166. The highest BCUT2D eigenvalue weighted by Crippen LogP contribution is 2.31. The van der Waals surface area contributed by atoms with Crippen molar-refractivity contribution in [3.05, 3.63) is 138 Å². The molecule has 0 spiro atoms. The molecular weight excluding hydrogens is 1780 g/mol. The van der Waals surface area contributed by atoms with E-state index in [1.807, 2.05) is 50.2 Å². The lowest BCUT2D eigenvalue weighted by Crippen LogP contribution is -2.61. The molecule has 4 aromatic carbocycles. The molecule has 0 aliphatic carbocycles. The number of aromatic hydroxyl groups is 1. The van der Waals surface area contributed by atoms with E-state index in [0.29, 0.717) is 66.1 Å². The molecule has 0 saturated carbocycles. The number of nitrogens with two attached hydrogens (primary N) is 2. The van der Waals surface area contributed by atoms with Crippen LogP contribution in [0.15, 0.2) is 110 Å². The second kappa shape index (κ2) is 49.3. The van der Waals surface area contributed by atoms with E-state index in [2.05, 4.69) is 83.6 Å². The Morgan fingerprint density at radius 3 is 1.73 bits per heavy atom. The lowest BCUT2D eigenvalue weighted by molar-refractivity contribution is -0.149. The number of aromatic nitrogens is 7. The van der Waals surface area contributed by atoms with Gasteiger partial charge in [0.05, 0.1) is 37.7 Å². The van der Waals surface area contributed by atoms with Crippen LogP contribution in [0.2, 0.25) is 0 Å². The Labute approximate surface area is 786 Å². The zero-order valence-electron chi connectivity index (χ0n) is 75.8. The molecule has 730 valence electrons. The highest BCUT2D eigenvalue weighted by molar-refractivity contribution is 8.00. The number of rotatable bonds is 25. The summed E-state index contributed by atoms with van der Waals surface area (Å²) in [6.45, 7) is 1.32. The monoisotopic (exact) mass is 1900 g/mol. The molecule has 3 saturated heterocycles. The Hall–Kier alpha value is -14.0. The van der Waals surface area contributed by atoms with Crippen molar-refractivity contribution in [2.24, 2.45) is 11.5 Å². The molecular formula is C91H119N23O21S. The number of piperidine rings is 1. The summed E-state index contributed by atoms with van der Waals surface area (Å²) in [6, 6.07) is 4.04. The first-order valence-electron chi connectivity index (χ1n) is 45.7. The number of aliphatic carboxylic acids is 2. The Morgan fingerprint density at radius 2 is 1.10 bits per heavy atom. The quantitative estimate of drug-likeness (QED) is 0.0322. The maximum atomic E-state index is 15.7. The van der Waals surface area contributed by atoms with Gasteiger partial charge in [0.15, 0.2) is 5.82 Å². The van der Waals surface area contributed by atoms with Crippen LogP contribution in [0.5, 0.6) is 5.75 Å². The number of unbranched alkanes of at least 4 members (excludes halogenated alkanes) is 2. The maximum Gasteiger partial charge on any atom is 0.305 e. The molecule has 44 nitrogen and oxygen atoms in total. The molecule has 7 heterocycles. The summed E-state index contributed by atoms with van der Waals surface area (Å²) < 4.78 is 1.23. The number of para-hydroxylation sites is 1. The summed E-state index contributed by atoms with van der Waals surface area (Å²) in [6.07, 6.45) is 3.26. The highest BCUT2D eigenvalue weighted by atomic mass is 32.2. The first-order valence-corrected chi connectivity index (χ1v) is 46.9. The van der Waals surface area contributed by atoms with E-state index in [-0.39, 0.29) is 120 Å². The molecule has 4 aliphatic rings.